The molecule has 18 heavy (non-hydrogen) atoms. The molecule has 1 aromatic heterocycles. The molecule has 2 rings (SSSR count). The van der Waals surface area contributed by atoms with E-state index in [9.17, 15) is 0 Å². The van der Waals surface area contributed by atoms with Gasteiger partial charge in [0, 0.05) is 14.1 Å². The number of aromatic nitrogens is 3. The number of benzene rings is 1. The predicted octanol–water partition coefficient (Wildman–Crippen LogP) is 2.66. The second kappa shape index (κ2) is 5.31. The van der Waals surface area contributed by atoms with Gasteiger partial charge in [-0.05, 0) is 24.6 Å². The highest BCUT2D eigenvalue weighted by molar-refractivity contribution is 5.66. The molecule has 0 amide bonds. The van der Waals surface area contributed by atoms with Crippen LogP contribution in [0.15, 0.2) is 41.1 Å². The summed E-state index contributed by atoms with van der Waals surface area (Å²) in [5.41, 5.74) is 2.92. The molecule has 0 radical (unpaired) electrons. The Morgan fingerprint density at radius 2 is 1.78 bits per heavy atom. The minimum absolute atomic E-state index is 0.302. The average Bonchev–Trinajstić information content (AvgIpc) is 2.37. The fraction of sp³-hybridized carbons (Fsp3) is 0.250. The highest BCUT2D eigenvalue weighted by Crippen LogP contribution is 2.29. The van der Waals surface area contributed by atoms with E-state index in [0.29, 0.717) is 5.95 Å². The SMILES string of the molecule is Cc1ccc(N(C)C)c(N=Nc2ncncn2)c1. The van der Waals surface area contributed by atoms with Gasteiger partial charge in [0.2, 0.25) is 0 Å². The van der Waals surface area contributed by atoms with Crippen molar-refractivity contribution < 1.29 is 0 Å². The van der Waals surface area contributed by atoms with Crippen LogP contribution >= 0.6 is 0 Å². The van der Waals surface area contributed by atoms with E-state index < -0.39 is 0 Å². The molecule has 0 atom stereocenters. The lowest BCUT2D eigenvalue weighted by molar-refractivity contribution is 0.997. The summed E-state index contributed by atoms with van der Waals surface area (Å²) in [6.45, 7) is 2.02. The molecular formula is C12H14N6. The van der Waals surface area contributed by atoms with Gasteiger partial charge in [0.05, 0.1) is 5.69 Å². The van der Waals surface area contributed by atoms with E-state index in [1.807, 2.05) is 44.1 Å². The Labute approximate surface area is 105 Å². The van der Waals surface area contributed by atoms with E-state index in [0.717, 1.165) is 16.9 Å². The van der Waals surface area contributed by atoms with Gasteiger partial charge in [-0.3, -0.25) is 0 Å². The van der Waals surface area contributed by atoms with E-state index in [4.69, 9.17) is 0 Å². The van der Waals surface area contributed by atoms with Crippen LogP contribution in [0.3, 0.4) is 0 Å². The van der Waals surface area contributed by atoms with E-state index >= 15 is 0 Å². The summed E-state index contributed by atoms with van der Waals surface area (Å²) in [5.74, 6) is 0.302. The lowest BCUT2D eigenvalue weighted by atomic mass is 10.2. The first-order valence-corrected chi connectivity index (χ1v) is 5.48. The van der Waals surface area contributed by atoms with Crippen LogP contribution in [-0.4, -0.2) is 29.0 Å². The molecule has 2 aromatic rings. The zero-order valence-electron chi connectivity index (χ0n) is 10.6. The number of rotatable bonds is 3. The van der Waals surface area contributed by atoms with Crippen molar-refractivity contribution in [3.05, 3.63) is 36.4 Å². The molecule has 0 spiro atoms. The van der Waals surface area contributed by atoms with E-state index in [1.165, 1.54) is 12.7 Å². The number of hydrogen-bond donors (Lipinski definition) is 0. The van der Waals surface area contributed by atoms with Gasteiger partial charge in [-0.1, -0.05) is 6.07 Å². The average molecular weight is 242 g/mol. The molecule has 0 fully saturated rings. The molecule has 0 saturated carbocycles. The third-order valence-corrected chi connectivity index (χ3v) is 2.34. The van der Waals surface area contributed by atoms with Crippen LogP contribution in [0.2, 0.25) is 0 Å². The van der Waals surface area contributed by atoms with Crippen molar-refractivity contribution >= 4 is 17.3 Å². The minimum atomic E-state index is 0.302. The Morgan fingerprint density at radius 1 is 1.06 bits per heavy atom. The summed E-state index contributed by atoms with van der Waals surface area (Å²) >= 11 is 0. The van der Waals surface area contributed by atoms with Crippen molar-refractivity contribution in [2.24, 2.45) is 10.2 Å². The van der Waals surface area contributed by atoms with Crippen LogP contribution in [0.5, 0.6) is 0 Å². The molecule has 92 valence electrons. The molecule has 0 aliphatic carbocycles. The summed E-state index contributed by atoms with van der Waals surface area (Å²) in [7, 11) is 3.93. The lowest BCUT2D eigenvalue weighted by Crippen LogP contribution is -2.08. The highest BCUT2D eigenvalue weighted by atomic mass is 15.2. The van der Waals surface area contributed by atoms with Crippen LogP contribution in [0.4, 0.5) is 17.3 Å². The van der Waals surface area contributed by atoms with Gasteiger partial charge in [-0.15, -0.1) is 10.2 Å². The molecule has 6 heteroatoms. The molecule has 0 unspecified atom stereocenters. The normalized spacial score (nSPS) is 10.8. The summed E-state index contributed by atoms with van der Waals surface area (Å²) in [5, 5.41) is 8.19. The Balaban J connectivity index is 2.33. The summed E-state index contributed by atoms with van der Waals surface area (Å²) < 4.78 is 0. The standard InChI is InChI=1S/C12H14N6/c1-9-4-5-11(18(2)3)10(6-9)16-17-12-14-7-13-8-15-12/h4-8H,1-3H3. The van der Waals surface area contributed by atoms with Crippen molar-refractivity contribution in [1.82, 2.24) is 15.0 Å². The van der Waals surface area contributed by atoms with Gasteiger partial charge >= 0.3 is 0 Å². The molecule has 1 aromatic carbocycles. The summed E-state index contributed by atoms with van der Waals surface area (Å²) in [6, 6.07) is 6.02. The van der Waals surface area contributed by atoms with Crippen molar-refractivity contribution in [3.63, 3.8) is 0 Å². The second-order valence-electron chi connectivity index (χ2n) is 4.02. The number of hydrogen-bond acceptors (Lipinski definition) is 6. The fourth-order valence-electron chi connectivity index (χ4n) is 1.48. The zero-order valence-corrected chi connectivity index (χ0v) is 10.6. The Morgan fingerprint density at radius 3 is 2.44 bits per heavy atom. The first-order chi connectivity index (χ1) is 8.66. The van der Waals surface area contributed by atoms with Crippen molar-refractivity contribution in [2.45, 2.75) is 6.92 Å². The van der Waals surface area contributed by atoms with Crippen LogP contribution in [0.1, 0.15) is 5.56 Å². The van der Waals surface area contributed by atoms with Gasteiger partial charge < -0.3 is 4.90 Å². The van der Waals surface area contributed by atoms with E-state index in [1.54, 1.807) is 0 Å². The van der Waals surface area contributed by atoms with Crippen LogP contribution in [0.25, 0.3) is 0 Å². The van der Waals surface area contributed by atoms with Gasteiger partial charge in [0.25, 0.3) is 5.95 Å². The molecule has 0 bridgehead atoms. The molecule has 0 aliphatic rings. The molecular weight excluding hydrogens is 228 g/mol. The molecule has 0 aliphatic heterocycles. The Bertz CT molecular complexity index is 550. The third-order valence-electron chi connectivity index (χ3n) is 2.34. The quantitative estimate of drug-likeness (QED) is 0.776. The topological polar surface area (TPSA) is 66.6 Å². The molecule has 1 heterocycles. The van der Waals surface area contributed by atoms with E-state index in [-0.39, 0.29) is 0 Å². The Kier molecular flexibility index (Phi) is 3.57. The first-order valence-electron chi connectivity index (χ1n) is 5.48. The number of azo groups is 1. The van der Waals surface area contributed by atoms with E-state index in [2.05, 4.69) is 25.2 Å². The highest BCUT2D eigenvalue weighted by Gasteiger charge is 2.04. The lowest BCUT2D eigenvalue weighted by Gasteiger charge is -2.14. The maximum Gasteiger partial charge on any atom is 0.271 e. The Hall–Kier alpha value is -2.37. The van der Waals surface area contributed by atoms with Gasteiger partial charge in [0.1, 0.15) is 18.3 Å². The molecule has 6 nitrogen and oxygen atoms in total. The van der Waals surface area contributed by atoms with Gasteiger partial charge in [-0.25, -0.2) is 4.98 Å². The smallest absolute Gasteiger partial charge is 0.271 e. The molecule has 0 N–H and O–H groups in total. The zero-order chi connectivity index (χ0) is 13.0. The number of nitrogens with zero attached hydrogens (tertiary/aromatic N) is 6. The largest absolute Gasteiger partial charge is 0.376 e. The van der Waals surface area contributed by atoms with Crippen LogP contribution in [-0.2, 0) is 0 Å². The number of aryl methyl sites for hydroxylation is 1. The minimum Gasteiger partial charge on any atom is -0.376 e. The van der Waals surface area contributed by atoms with Crippen molar-refractivity contribution in [2.75, 3.05) is 19.0 Å². The fourth-order valence-corrected chi connectivity index (χ4v) is 1.48. The summed E-state index contributed by atoms with van der Waals surface area (Å²) in [4.78, 5) is 13.5. The number of anilines is 1. The van der Waals surface area contributed by atoms with Crippen molar-refractivity contribution in [1.29, 1.82) is 0 Å². The van der Waals surface area contributed by atoms with Crippen LogP contribution < -0.4 is 4.90 Å². The second-order valence-corrected chi connectivity index (χ2v) is 4.02. The van der Waals surface area contributed by atoms with Gasteiger partial charge in [-0.2, -0.15) is 9.97 Å². The molecule has 0 saturated heterocycles. The third kappa shape index (κ3) is 2.85. The maximum atomic E-state index is 4.19. The van der Waals surface area contributed by atoms with Gasteiger partial charge in [0.15, 0.2) is 0 Å². The maximum absolute atomic E-state index is 4.19. The first kappa shape index (κ1) is 12.1. The predicted molar refractivity (Wildman–Crippen MR) is 69.5 cm³/mol. The monoisotopic (exact) mass is 242 g/mol. The van der Waals surface area contributed by atoms with Crippen molar-refractivity contribution in [3.8, 4) is 0 Å². The van der Waals surface area contributed by atoms with Crippen LogP contribution in [0, 0.1) is 6.92 Å². The summed E-state index contributed by atoms with van der Waals surface area (Å²) in [6.07, 6.45) is 2.79.